The summed E-state index contributed by atoms with van der Waals surface area (Å²) in [5.41, 5.74) is 1.25. The summed E-state index contributed by atoms with van der Waals surface area (Å²) >= 11 is 0. The fourth-order valence-corrected chi connectivity index (χ4v) is 2.65. The summed E-state index contributed by atoms with van der Waals surface area (Å²) in [5.74, 6) is -0.901. The van der Waals surface area contributed by atoms with E-state index in [1.807, 2.05) is 0 Å². The number of anilines is 1. The van der Waals surface area contributed by atoms with Crippen molar-refractivity contribution in [3.05, 3.63) is 41.1 Å². The fraction of sp³-hybridized carbons (Fsp3) is 0.267. The van der Waals surface area contributed by atoms with E-state index in [9.17, 15) is 18.0 Å². The van der Waals surface area contributed by atoms with Gasteiger partial charge in [-0.3, -0.25) is 9.48 Å². The molecule has 0 saturated carbocycles. The molecule has 0 spiro atoms. The average molecular weight is 366 g/mol. The van der Waals surface area contributed by atoms with Crippen molar-refractivity contribution >= 4 is 27.7 Å². The molecule has 0 atom stereocenters. The number of carbonyl (C=O) groups is 2. The number of esters is 1. The van der Waals surface area contributed by atoms with Gasteiger partial charge in [-0.15, -0.1) is 0 Å². The van der Waals surface area contributed by atoms with Gasteiger partial charge < -0.3 is 10.1 Å². The number of rotatable bonds is 5. The minimum Gasteiger partial charge on any atom is -0.452 e. The second-order valence-electron chi connectivity index (χ2n) is 5.44. The lowest BCUT2D eigenvalue weighted by molar-refractivity contribution is -0.119. The van der Waals surface area contributed by atoms with Crippen molar-refractivity contribution in [2.45, 2.75) is 18.7 Å². The molecular formula is C15H18N4O5S. The molecule has 0 unspecified atom stereocenters. The SMILES string of the molecule is Cc1cc(NC(=O)COC(=O)c2cc(S(N)(=O)=O)ccc2C)n(C)n1. The van der Waals surface area contributed by atoms with Gasteiger partial charge in [-0.25, -0.2) is 18.4 Å². The number of hydrogen-bond acceptors (Lipinski definition) is 6. The standard InChI is InChI=1S/C15H18N4O5S/c1-9-4-5-11(25(16,22)23)7-12(9)15(21)24-8-14(20)17-13-6-10(2)18-19(13)3/h4-7H,8H2,1-3H3,(H,17,20)(H2,16,22,23). The highest BCUT2D eigenvalue weighted by Gasteiger charge is 2.17. The van der Waals surface area contributed by atoms with Crippen LogP contribution in [0.15, 0.2) is 29.2 Å². The highest BCUT2D eigenvalue weighted by Crippen LogP contribution is 2.16. The quantitative estimate of drug-likeness (QED) is 0.739. The van der Waals surface area contributed by atoms with Gasteiger partial charge in [0.2, 0.25) is 10.0 Å². The maximum Gasteiger partial charge on any atom is 0.338 e. The molecule has 25 heavy (non-hydrogen) atoms. The summed E-state index contributed by atoms with van der Waals surface area (Å²) < 4.78 is 29.2. The molecule has 0 radical (unpaired) electrons. The molecule has 9 nitrogen and oxygen atoms in total. The summed E-state index contributed by atoms with van der Waals surface area (Å²) in [6.45, 7) is 2.86. The molecule has 1 aromatic carbocycles. The average Bonchev–Trinajstić information content (AvgIpc) is 2.81. The van der Waals surface area contributed by atoms with Crippen LogP contribution >= 0.6 is 0 Å². The number of aryl methyl sites for hydroxylation is 3. The molecule has 3 N–H and O–H groups in total. The molecule has 1 amide bonds. The van der Waals surface area contributed by atoms with Crippen molar-refractivity contribution in [2.24, 2.45) is 12.2 Å². The van der Waals surface area contributed by atoms with E-state index in [2.05, 4.69) is 10.4 Å². The molecule has 0 aliphatic carbocycles. The van der Waals surface area contributed by atoms with E-state index >= 15 is 0 Å². The first-order valence-corrected chi connectivity index (χ1v) is 8.73. The summed E-state index contributed by atoms with van der Waals surface area (Å²) in [7, 11) is -2.28. The molecule has 0 fully saturated rings. The van der Waals surface area contributed by atoms with Crippen LogP contribution in [-0.4, -0.2) is 36.7 Å². The van der Waals surface area contributed by atoms with E-state index in [0.29, 0.717) is 11.4 Å². The van der Waals surface area contributed by atoms with Crippen molar-refractivity contribution in [2.75, 3.05) is 11.9 Å². The van der Waals surface area contributed by atoms with Gasteiger partial charge in [-0.1, -0.05) is 6.07 Å². The minimum absolute atomic E-state index is 0.0238. The number of hydrogen-bond donors (Lipinski definition) is 2. The largest absolute Gasteiger partial charge is 0.452 e. The number of aromatic nitrogens is 2. The molecule has 2 aromatic rings. The lowest BCUT2D eigenvalue weighted by atomic mass is 10.1. The highest BCUT2D eigenvalue weighted by molar-refractivity contribution is 7.89. The highest BCUT2D eigenvalue weighted by atomic mass is 32.2. The zero-order valence-electron chi connectivity index (χ0n) is 13.9. The second kappa shape index (κ2) is 7.03. The van der Waals surface area contributed by atoms with Crippen LogP contribution in [0.3, 0.4) is 0 Å². The molecule has 0 aliphatic rings. The molecular weight excluding hydrogens is 348 g/mol. The number of nitrogens with one attached hydrogen (secondary N) is 1. The van der Waals surface area contributed by atoms with E-state index in [0.717, 1.165) is 11.8 Å². The van der Waals surface area contributed by atoms with E-state index in [-0.39, 0.29) is 10.5 Å². The smallest absolute Gasteiger partial charge is 0.338 e. The van der Waals surface area contributed by atoms with Gasteiger partial charge in [0.25, 0.3) is 5.91 Å². The van der Waals surface area contributed by atoms with Crippen molar-refractivity contribution < 1.29 is 22.7 Å². The number of amides is 1. The lowest BCUT2D eigenvalue weighted by Crippen LogP contribution is -2.22. The Labute approximate surface area is 144 Å². The maximum absolute atomic E-state index is 12.1. The van der Waals surface area contributed by atoms with E-state index < -0.39 is 28.5 Å². The zero-order valence-corrected chi connectivity index (χ0v) is 14.8. The molecule has 134 valence electrons. The van der Waals surface area contributed by atoms with E-state index in [1.54, 1.807) is 27.0 Å². The molecule has 1 heterocycles. The predicted octanol–water partition coefficient (Wildman–Crippen LogP) is 0.480. The van der Waals surface area contributed by atoms with Crippen LogP contribution in [0.4, 0.5) is 5.82 Å². The minimum atomic E-state index is -3.95. The van der Waals surface area contributed by atoms with Crippen molar-refractivity contribution in [3.8, 4) is 0 Å². The van der Waals surface area contributed by atoms with Gasteiger partial charge in [0.05, 0.1) is 16.2 Å². The van der Waals surface area contributed by atoms with Crippen LogP contribution in [0.5, 0.6) is 0 Å². The summed E-state index contributed by atoms with van der Waals surface area (Å²) in [5, 5.41) is 11.7. The van der Waals surface area contributed by atoms with Gasteiger partial charge in [0, 0.05) is 13.1 Å². The first-order chi connectivity index (χ1) is 11.6. The van der Waals surface area contributed by atoms with Crippen LogP contribution in [0, 0.1) is 13.8 Å². The summed E-state index contributed by atoms with van der Waals surface area (Å²) in [6, 6.07) is 5.52. The molecule has 0 bridgehead atoms. The third-order valence-corrected chi connectivity index (χ3v) is 4.27. The number of benzene rings is 1. The van der Waals surface area contributed by atoms with Crippen molar-refractivity contribution in [3.63, 3.8) is 0 Å². The fourth-order valence-electron chi connectivity index (χ4n) is 2.11. The van der Waals surface area contributed by atoms with Gasteiger partial charge in [0.15, 0.2) is 6.61 Å². The van der Waals surface area contributed by atoms with Crippen molar-refractivity contribution in [1.29, 1.82) is 0 Å². The van der Waals surface area contributed by atoms with Gasteiger partial charge in [-0.2, -0.15) is 5.10 Å². The lowest BCUT2D eigenvalue weighted by Gasteiger charge is -2.09. The third kappa shape index (κ3) is 4.64. The second-order valence-corrected chi connectivity index (χ2v) is 7.00. The molecule has 1 aromatic heterocycles. The Morgan fingerprint density at radius 3 is 2.52 bits per heavy atom. The molecule has 2 rings (SSSR count). The molecule has 0 saturated heterocycles. The number of nitrogens with two attached hydrogens (primary N) is 1. The monoisotopic (exact) mass is 366 g/mol. The Morgan fingerprint density at radius 1 is 1.28 bits per heavy atom. The summed E-state index contributed by atoms with van der Waals surface area (Å²) in [6.07, 6.45) is 0. The van der Waals surface area contributed by atoms with Crippen LogP contribution in [0.1, 0.15) is 21.6 Å². The van der Waals surface area contributed by atoms with Crippen LogP contribution in [0.25, 0.3) is 0 Å². The first-order valence-electron chi connectivity index (χ1n) is 7.19. The first kappa shape index (κ1) is 18.6. The van der Waals surface area contributed by atoms with Crippen molar-refractivity contribution in [1.82, 2.24) is 9.78 Å². The Bertz CT molecular complexity index is 933. The Hall–Kier alpha value is -2.72. The third-order valence-electron chi connectivity index (χ3n) is 3.36. The topological polar surface area (TPSA) is 133 Å². The normalized spacial score (nSPS) is 11.2. The Kier molecular flexibility index (Phi) is 5.24. The van der Waals surface area contributed by atoms with Crippen LogP contribution in [0.2, 0.25) is 0 Å². The van der Waals surface area contributed by atoms with E-state index in [4.69, 9.17) is 9.88 Å². The van der Waals surface area contributed by atoms with E-state index in [1.165, 1.54) is 16.8 Å². The number of ether oxygens (including phenoxy) is 1. The molecule has 10 heteroatoms. The van der Waals surface area contributed by atoms with Crippen LogP contribution in [-0.2, 0) is 26.6 Å². The van der Waals surface area contributed by atoms with Gasteiger partial charge in [-0.05, 0) is 31.5 Å². The predicted molar refractivity (Wildman–Crippen MR) is 89.4 cm³/mol. The maximum atomic E-state index is 12.1. The zero-order chi connectivity index (χ0) is 18.8. The Balaban J connectivity index is 2.05. The van der Waals surface area contributed by atoms with Crippen LogP contribution < -0.4 is 10.5 Å². The summed E-state index contributed by atoms with van der Waals surface area (Å²) in [4.78, 5) is 23.8. The number of carbonyl (C=O) groups excluding carboxylic acids is 2. The number of sulfonamides is 1. The van der Waals surface area contributed by atoms with Gasteiger partial charge >= 0.3 is 5.97 Å². The number of nitrogens with zero attached hydrogens (tertiary/aromatic N) is 2. The Morgan fingerprint density at radius 2 is 1.96 bits per heavy atom. The number of primary sulfonamides is 1. The molecule has 0 aliphatic heterocycles. The van der Waals surface area contributed by atoms with Gasteiger partial charge in [0.1, 0.15) is 5.82 Å².